The van der Waals surface area contributed by atoms with Crippen LogP contribution in [-0.4, -0.2) is 28.2 Å². The smallest absolute Gasteiger partial charge is 0.308 e. The van der Waals surface area contributed by atoms with Crippen LogP contribution in [0.3, 0.4) is 0 Å². The van der Waals surface area contributed by atoms with Crippen molar-refractivity contribution in [3.8, 4) is 0 Å². The topological polar surface area (TPSA) is 46.5 Å². The minimum atomic E-state index is -0.590. The summed E-state index contributed by atoms with van der Waals surface area (Å²) in [4.78, 5) is 10.7. The summed E-state index contributed by atoms with van der Waals surface area (Å²) in [7, 11) is 0. The molecule has 0 spiro atoms. The molecule has 1 N–H and O–H groups in total. The summed E-state index contributed by atoms with van der Waals surface area (Å²) in [6, 6.07) is 0. The van der Waals surface area contributed by atoms with Gasteiger partial charge in [-0.1, -0.05) is 35.2 Å². The molecule has 0 fully saturated rings. The van der Waals surface area contributed by atoms with E-state index in [1.807, 2.05) is 22.6 Å². The number of ether oxygens (including phenoxy) is 1. The van der Waals surface area contributed by atoms with Crippen LogP contribution in [0.1, 0.15) is 6.42 Å². The van der Waals surface area contributed by atoms with Gasteiger partial charge in [-0.3, -0.25) is 4.79 Å². The number of aliphatic hydroxyl groups excluding tert-OH is 1. The minimum Gasteiger partial charge on any atom is -0.461 e. The average Bonchev–Trinajstić information content (AvgIpc) is 2.00. The van der Waals surface area contributed by atoms with Crippen LogP contribution >= 0.6 is 22.6 Å². The molecule has 0 heterocycles. The van der Waals surface area contributed by atoms with E-state index in [-0.39, 0.29) is 19.0 Å². The SMILES string of the molecule is C=CCOC(=O)C[C@@H](O)CI. The van der Waals surface area contributed by atoms with Gasteiger partial charge in [0.05, 0.1) is 12.5 Å². The van der Waals surface area contributed by atoms with E-state index in [0.29, 0.717) is 4.43 Å². The van der Waals surface area contributed by atoms with Crippen molar-refractivity contribution in [2.75, 3.05) is 11.0 Å². The van der Waals surface area contributed by atoms with Crippen molar-refractivity contribution in [1.29, 1.82) is 0 Å². The van der Waals surface area contributed by atoms with E-state index in [0.717, 1.165) is 0 Å². The fourth-order valence-electron chi connectivity index (χ4n) is 0.458. The maximum atomic E-state index is 10.7. The van der Waals surface area contributed by atoms with E-state index in [2.05, 4.69) is 11.3 Å². The van der Waals surface area contributed by atoms with Crippen molar-refractivity contribution >= 4 is 28.6 Å². The highest BCUT2D eigenvalue weighted by Gasteiger charge is 2.09. The van der Waals surface area contributed by atoms with Gasteiger partial charge in [-0.25, -0.2) is 0 Å². The molecule has 1 atom stereocenters. The molecule has 0 aliphatic carbocycles. The van der Waals surface area contributed by atoms with Crippen LogP contribution in [-0.2, 0) is 9.53 Å². The number of carbonyl (C=O) groups is 1. The fourth-order valence-corrected chi connectivity index (χ4v) is 0.769. The molecule has 0 rings (SSSR count). The molecule has 0 unspecified atom stereocenters. The summed E-state index contributed by atoms with van der Waals surface area (Å²) in [5.74, 6) is -0.380. The molecule has 3 nitrogen and oxygen atoms in total. The van der Waals surface area contributed by atoms with Crippen LogP contribution in [0.2, 0.25) is 0 Å². The molecule has 64 valence electrons. The summed E-state index contributed by atoms with van der Waals surface area (Å²) in [6.45, 7) is 3.61. The van der Waals surface area contributed by atoms with Crippen LogP contribution in [0.4, 0.5) is 0 Å². The second-order valence-corrected chi connectivity index (χ2v) is 2.86. The van der Waals surface area contributed by atoms with Gasteiger partial charge in [-0.15, -0.1) is 0 Å². The Hall–Kier alpha value is -0.100. The highest BCUT2D eigenvalue weighted by Crippen LogP contribution is 1.98. The summed E-state index contributed by atoms with van der Waals surface area (Å²) >= 11 is 2.01. The summed E-state index contributed by atoms with van der Waals surface area (Å²) in [5.41, 5.74) is 0. The molecule has 0 bridgehead atoms. The zero-order chi connectivity index (χ0) is 8.69. The van der Waals surface area contributed by atoms with Crippen LogP contribution in [0.25, 0.3) is 0 Å². The fraction of sp³-hybridized carbons (Fsp3) is 0.571. The number of halogens is 1. The first-order valence-corrected chi connectivity index (χ1v) is 4.73. The summed E-state index contributed by atoms with van der Waals surface area (Å²) in [6.07, 6.45) is 0.971. The summed E-state index contributed by atoms with van der Waals surface area (Å²) < 4.78 is 5.19. The first-order valence-electron chi connectivity index (χ1n) is 3.21. The van der Waals surface area contributed by atoms with Crippen LogP contribution in [0.5, 0.6) is 0 Å². The van der Waals surface area contributed by atoms with Crippen LogP contribution in [0.15, 0.2) is 12.7 Å². The van der Waals surface area contributed by atoms with Crippen molar-refractivity contribution in [2.45, 2.75) is 12.5 Å². The van der Waals surface area contributed by atoms with E-state index in [1.54, 1.807) is 0 Å². The number of alkyl halides is 1. The lowest BCUT2D eigenvalue weighted by atomic mass is 10.3. The zero-order valence-electron chi connectivity index (χ0n) is 6.12. The molecule has 0 saturated heterocycles. The number of esters is 1. The first kappa shape index (κ1) is 10.9. The lowest BCUT2D eigenvalue weighted by Crippen LogP contribution is -2.16. The first-order chi connectivity index (χ1) is 5.20. The van der Waals surface area contributed by atoms with Crippen molar-refractivity contribution in [2.24, 2.45) is 0 Å². The standard InChI is InChI=1S/C7H11IO3/c1-2-3-11-7(10)4-6(9)5-8/h2,6,9H,1,3-5H2/t6-/m1/s1. The molecule has 4 heteroatoms. The molecule has 0 amide bonds. The van der Waals surface area contributed by atoms with Gasteiger partial charge in [-0.05, 0) is 0 Å². The number of hydrogen-bond acceptors (Lipinski definition) is 3. The van der Waals surface area contributed by atoms with E-state index in [4.69, 9.17) is 5.11 Å². The Bertz CT molecular complexity index is 136. The van der Waals surface area contributed by atoms with Gasteiger partial charge in [-0.2, -0.15) is 0 Å². The Balaban J connectivity index is 3.43. The number of carbonyl (C=O) groups excluding carboxylic acids is 1. The van der Waals surface area contributed by atoms with Crippen molar-refractivity contribution in [3.63, 3.8) is 0 Å². The lowest BCUT2D eigenvalue weighted by Gasteiger charge is -2.04. The Morgan fingerprint density at radius 1 is 1.82 bits per heavy atom. The maximum Gasteiger partial charge on any atom is 0.308 e. The van der Waals surface area contributed by atoms with Gasteiger partial charge in [0, 0.05) is 4.43 Å². The van der Waals surface area contributed by atoms with Crippen molar-refractivity contribution in [1.82, 2.24) is 0 Å². The molecule has 0 aliphatic rings. The predicted molar refractivity (Wildman–Crippen MR) is 50.7 cm³/mol. The van der Waals surface area contributed by atoms with Gasteiger partial charge in [0.15, 0.2) is 0 Å². The van der Waals surface area contributed by atoms with Crippen LogP contribution in [0, 0.1) is 0 Å². The number of rotatable bonds is 5. The molecular formula is C7H11IO3. The largest absolute Gasteiger partial charge is 0.461 e. The zero-order valence-corrected chi connectivity index (χ0v) is 8.28. The number of aliphatic hydroxyl groups is 1. The predicted octanol–water partition coefficient (Wildman–Crippen LogP) is 0.902. The molecule has 0 radical (unpaired) electrons. The third-order valence-corrected chi connectivity index (χ3v) is 1.96. The van der Waals surface area contributed by atoms with E-state index in [1.165, 1.54) is 6.08 Å². The van der Waals surface area contributed by atoms with Crippen molar-refractivity contribution in [3.05, 3.63) is 12.7 Å². The molecule has 0 aliphatic heterocycles. The van der Waals surface area contributed by atoms with Gasteiger partial charge >= 0.3 is 5.97 Å². The minimum absolute atomic E-state index is 0.0662. The number of hydrogen-bond donors (Lipinski definition) is 1. The molecular weight excluding hydrogens is 259 g/mol. The Morgan fingerprint density at radius 3 is 2.91 bits per heavy atom. The Kier molecular flexibility index (Phi) is 6.54. The van der Waals surface area contributed by atoms with E-state index < -0.39 is 6.10 Å². The highest BCUT2D eigenvalue weighted by molar-refractivity contribution is 14.1. The second-order valence-electron chi connectivity index (χ2n) is 1.98. The van der Waals surface area contributed by atoms with Crippen LogP contribution < -0.4 is 0 Å². The van der Waals surface area contributed by atoms with Gasteiger partial charge in [0.2, 0.25) is 0 Å². The quantitative estimate of drug-likeness (QED) is 0.349. The lowest BCUT2D eigenvalue weighted by molar-refractivity contribution is -0.144. The van der Waals surface area contributed by atoms with Gasteiger partial charge < -0.3 is 9.84 Å². The third kappa shape index (κ3) is 6.30. The maximum absolute atomic E-state index is 10.7. The molecule has 11 heavy (non-hydrogen) atoms. The molecule has 0 aromatic carbocycles. The average molecular weight is 270 g/mol. The third-order valence-electron chi connectivity index (χ3n) is 0.943. The molecule has 0 saturated carbocycles. The monoisotopic (exact) mass is 270 g/mol. The van der Waals surface area contributed by atoms with Crippen molar-refractivity contribution < 1.29 is 14.6 Å². The Morgan fingerprint density at radius 2 is 2.45 bits per heavy atom. The van der Waals surface area contributed by atoms with E-state index >= 15 is 0 Å². The molecule has 0 aromatic heterocycles. The summed E-state index contributed by atoms with van der Waals surface area (Å²) in [5, 5.41) is 8.99. The normalized spacial score (nSPS) is 12.2. The highest BCUT2D eigenvalue weighted by atomic mass is 127. The van der Waals surface area contributed by atoms with Gasteiger partial charge in [0.25, 0.3) is 0 Å². The van der Waals surface area contributed by atoms with E-state index in [9.17, 15) is 4.79 Å². The molecule has 0 aromatic rings. The Labute approximate surface area is 79.6 Å². The second kappa shape index (κ2) is 6.60. The van der Waals surface area contributed by atoms with Gasteiger partial charge in [0.1, 0.15) is 6.61 Å².